The number of hydrogen-bond donors (Lipinski definition) is 2. The number of aryl methyl sites for hydroxylation is 1. The predicted molar refractivity (Wildman–Crippen MR) is 175 cm³/mol. The molecule has 2 amide bonds. The molecule has 5 aromatic rings. The summed E-state index contributed by atoms with van der Waals surface area (Å²) >= 11 is 7.85. The van der Waals surface area contributed by atoms with E-state index in [2.05, 4.69) is 31.9 Å². The molecule has 17 heteroatoms. The third kappa shape index (κ3) is 6.99. The molecular weight excluding hydrogens is 679 g/mol. The number of amides is 2. The van der Waals surface area contributed by atoms with Gasteiger partial charge in [-0.3, -0.25) is 19.3 Å². The fourth-order valence-electron chi connectivity index (χ4n) is 5.37. The number of hydrogen-bond acceptors (Lipinski definition) is 7. The molecule has 2 aromatic heterocycles. The molecule has 250 valence electrons. The summed E-state index contributed by atoms with van der Waals surface area (Å²) in [4.78, 5) is 31.5. The maximum absolute atomic E-state index is 14.5. The van der Waals surface area contributed by atoms with Crippen molar-refractivity contribution in [3.8, 4) is 5.69 Å². The van der Waals surface area contributed by atoms with Gasteiger partial charge in [0.1, 0.15) is 17.3 Å². The Morgan fingerprint density at radius 3 is 2.52 bits per heavy atom. The number of anilines is 2. The number of carbonyl (C=O) groups excluding carboxylic acids is 2. The van der Waals surface area contributed by atoms with Crippen molar-refractivity contribution in [3.63, 3.8) is 0 Å². The fraction of sp³-hybridized carbons (Fsp3) is 0.194. The quantitative estimate of drug-likeness (QED) is 0.0645. The van der Waals surface area contributed by atoms with Crippen LogP contribution >= 0.6 is 23.5 Å². The summed E-state index contributed by atoms with van der Waals surface area (Å²) in [6.45, 7) is 3.28. The molecule has 0 bridgehead atoms. The summed E-state index contributed by atoms with van der Waals surface area (Å²) in [7, 11) is 1.64. The second-order valence-electron chi connectivity index (χ2n) is 10.4. The molecule has 1 atom stereocenters. The average Bonchev–Trinajstić information content (AvgIpc) is 3.65. The van der Waals surface area contributed by atoms with Gasteiger partial charge in [0.15, 0.2) is 5.82 Å². The standard InChI is InChI=1S/C31H26ClF5N8O2S/c1-38-24-14-21(45-26(8-9-40-45)31(35,36)37)4-5-22(24)30(47)44(15-20(39-16-46)12-17-10-18(33)13-19(34)11-17)25-7-6-23(32)27-28(25)43(2)41-29(27)42-48-3/h4-11,13-14,16,20H,1,12,15H2,2-3H3,(H,39,46)(H,41,42). The summed E-state index contributed by atoms with van der Waals surface area (Å²) in [6.07, 6.45) is -1.60. The highest BCUT2D eigenvalue weighted by Gasteiger charge is 2.35. The van der Waals surface area contributed by atoms with Gasteiger partial charge in [0, 0.05) is 25.9 Å². The number of aromatic nitrogens is 4. The molecule has 48 heavy (non-hydrogen) atoms. The highest BCUT2D eigenvalue weighted by atomic mass is 35.5. The molecule has 0 saturated heterocycles. The van der Waals surface area contributed by atoms with Crippen LogP contribution in [0.4, 0.5) is 39.1 Å². The van der Waals surface area contributed by atoms with Gasteiger partial charge in [-0.05, 0) is 67.2 Å². The molecule has 2 N–H and O–H groups in total. The number of alkyl halides is 3. The molecule has 10 nitrogen and oxygen atoms in total. The fourth-order valence-corrected chi connectivity index (χ4v) is 5.95. The maximum atomic E-state index is 14.5. The van der Waals surface area contributed by atoms with Crippen LogP contribution in [0.25, 0.3) is 16.6 Å². The molecule has 3 aromatic carbocycles. The third-order valence-electron chi connectivity index (χ3n) is 7.32. The van der Waals surface area contributed by atoms with E-state index in [1.165, 1.54) is 39.7 Å². The first kappa shape index (κ1) is 34.4. The number of rotatable bonds is 12. The van der Waals surface area contributed by atoms with E-state index in [9.17, 15) is 31.5 Å². The Kier molecular flexibility index (Phi) is 10.0. The number of nitrogens with zero attached hydrogens (tertiary/aromatic N) is 6. The van der Waals surface area contributed by atoms with Gasteiger partial charge >= 0.3 is 6.18 Å². The predicted octanol–water partition coefficient (Wildman–Crippen LogP) is 6.74. The van der Waals surface area contributed by atoms with E-state index >= 15 is 0 Å². The van der Waals surface area contributed by atoms with Gasteiger partial charge in [0.2, 0.25) is 6.41 Å². The molecule has 0 aliphatic heterocycles. The largest absolute Gasteiger partial charge is 0.433 e. The Hall–Kier alpha value is -4.96. The lowest BCUT2D eigenvalue weighted by atomic mass is 10.0. The highest BCUT2D eigenvalue weighted by Crippen LogP contribution is 2.39. The summed E-state index contributed by atoms with van der Waals surface area (Å²) in [5, 5.41) is 11.7. The van der Waals surface area contributed by atoms with E-state index in [1.54, 1.807) is 25.4 Å². The minimum absolute atomic E-state index is 0.0280. The number of fused-ring (bicyclic) bond motifs is 1. The lowest BCUT2D eigenvalue weighted by Crippen LogP contribution is -2.45. The van der Waals surface area contributed by atoms with Crippen molar-refractivity contribution < 1.29 is 31.5 Å². The van der Waals surface area contributed by atoms with Crippen LogP contribution in [0.2, 0.25) is 5.02 Å². The molecule has 2 heterocycles. The average molecular weight is 705 g/mol. The zero-order chi connectivity index (χ0) is 34.7. The normalized spacial score (nSPS) is 12.2. The van der Waals surface area contributed by atoms with Crippen LogP contribution in [-0.2, 0) is 24.4 Å². The minimum Gasteiger partial charge on any atom is -0.354 e. The summed E-state index contributed by atoms with van der Waals surface area (Å²) in [5.41, 5.74) is -0.252. The topological polar surface area (TPSA) is 109 Å². The van der Waals surface area contributed by atoms with Crippen LogP contribution in [0.5, 0.6) is 0 Å². The van der Waals surface area contributed by atoms with Crippen LogP contribution in [-0.4, -0.2) is 57.4 Å². The van der Waals surface area contributed by atoms with Crippen molar-refractivity contribution in [2.24, 2.45) is 12.0 Å². The Morgan fingerprint density at radius 2 is 1.88 bits per heavy atom. The van der Waals surface area contributed by atoms with Gasteiger partial charge in [-0.1, -0.05) is 23.5 Å². The van der Waals surface area contributed by atoms with Crippen molar-refractivity contribution in [3.05, 3.63) is 94.3 Å². The molecule has 5 rings (SSSR count). The van der Waals surface area contributed by atoms with Crippen LogP contribution in [0.1, 0.15) is 21.6 Å². The first-order valence-electron chi connectivity index (χ1n) is 14.0. The molecule has 0 radical (unpaired) electrons. The molecule has 0 fully saturated rings. The van der Waals surface area contributed by atoms with E-state index < -0.39 is 35.5 Å². The van der Waals surface area contributed by atoms with Crippen LogP contribution < -0.4 is 14.9 Å². The van der Waals surface area contributed by atoms with Crippen LogP contribution in [0.3, 0.4) is 0 Å². The molecule has 1 unspecified atom stereocenters. The Bertz CT molecular complexity index is 1990. The molecule has 0 spiro atoms. The Balaban J connectivity index is 1.65. The van der Waals surface area contributed by atoms with E-state index in [4.69, 9.17) is 11.6 Å². The Labute approximate surface area is 279 Å². The summed E-state index contributed by atoms with van der Waals surface area (Å²) in [6, 6.07) is 9.80. The number of carbonyl (C=O) groups is 2. The first-order valence-corrected chi connectivity index (χ1v) is 15.6. The van der Waals surface area contributed by atoms with Crippen LogP contribution in [0, 0.1) is 11.6 Å². The van der Waals surface area contributed by atoms with Crippen molar-refractivity contribution >= 4 is 70.7 Å². The minimum atomic E-state index is -4.71. The summed E-state index contributed by atoms with van der Waals surface area (Å²) in [5.74, 6) is -1.92. The van der Waals surface area contributed by atoms with Crippen LogP contribution in [0.15, 0.2) is 65.8 Å². The number of nitrogens with one attached hydrogen (secondary N) is 2. The van der Waals surface area contributed by atoms with Crippen molar-refractivity contribution in [2.75, 3.05) is 22.4 Å². The zero-order valence-corrected chi connectivity index (χ0v) is 26.8. The number of halogens is 6. The first-order chi connectivity index (χ1) is 22.9. The lowest BCUT2D eigenvalue weighted by Gasteiger charge is -2.29. The van der Waals surface area contributed by atoms with Gasteiger partial charge in [0.25, 0.3) is 5.91 Å². The second-order valence-corrected chi connectivity index (χ2v) is 11.5. The third-order valence-corrected chi connectivity index (χ3v) is 8.03. The number of benzene rings is 3. The smallest absolute Gasteiger partial charge is 0.354 e. The SMILES string of the molecule is C=Nc1cc(-n2nccc2C(F)(F)F)ccc1C(=O)N(CC(Cc1cc(F)cc(F)c1)NC=O)c1ccc(Cl)c2c(NSC)nn(C)c12. The highest BCUT2D eigenvalue weighted by molar-refractivity contribution is 7.99. The summed E-state index contributed by atoms with van der Waals surface area (Å²) < 4.78 is 74.2. The molecule has 0 aliphatic carbocycles. The van der Waals surface area contributed by atoms with Gasteiger partial charge < -0.3 is 14.9 Å². The van der Waals surface area contributed by atoms with Crippen molar-refractivity contribution in [1.29, 1.82) is 0 Å². The van der Waals surface area contributed by atoms with Crippen molar-refractivity contribution in [1.82, 2.24) is 24.9 Å². The van der Waals surface area contributed by atoms with Crippen molar-refractivity contribution in [2.45, 2.75) is 18.6 Å². The van der Waals surface area contributed by atoms with Gasteiger partial charge in [-0.15, -0.1) is 0 Å². The Morgan fingerprint density at radius 1 is 1.15 bits per heavy atom. The van der Waals surface area contributed by atoms with E-state index in [0.717, 1.165) is 24.4 Å². The zero-order valence-electron chi connectivity index (χ0n) is 25.2. The molecular formula is C31H26ClF5N8O2S. The molecule has 0 saturated carbocycles. The van der Waals surface area contributed by atoms with Gasteiger partial charge in [-0.25, -0.2) is 13.5 Å². The number of aliphatic imine (C=N–C) groups is 1. The second kappa shape index (κ2) is 14.0. The molecule has 0 aliphatic rings. The van der Waals surface area contributed by atoms with E-state index in [-0.39, 0.29) is 41.2 Å². The van der Waals surface area contributed by atoms with Gasteiger partial charge in [0.05, 0.1) is 50.8 Å². The lowest BCUT2D eigenvalue weighted by molar-refractivity contribution is -0.142. The van der Waals surface area contributed by atoms with E-state index in [0.29, 0.717) is 38.9 Å². The monoisotopic (exact) mass is 704 g/mol. The van der Waals surface area contributed by atoms with E-state index in [1.807, 2.05) is 0 Å². The van der Waals surface area contributed by atoms with Gasteiger partial charge in [-0.2, -0.15) is 23.4 Å². The maximum Gasteiger partial charge on any atom is 0.433 e.